The molecule has 1 fully saturated rings. The number of aromatic amines is 1. The largest absolute Gasteiger partial charge is 0.653 e. The van der Waals surface area contributed by atoms with E-state index in [1.54, 1.807) is 67.6 Å². The molecular weight excluding hydrogens is 587 g/mol. The van der Waals surface area contributed by atoms with Crippen molar-refractivity contribution in [2.75, 3.05) is 13.2 Å². The van der Waals surface area contributed by atoms with Gasteiger partial charge in [0.1, 0.15) is 23.6 Å². The zero-order chi connectivity index (χ0) is 31.0. The number of ether oxygens (including phenoxy) is 2. The zero-order valence-electron chi connectivity index (χ0n) is 22.7. The number of hydrogen-bond acceptors (Lipinski definition) is 11. The summed E-state index contributed by atoms with van der Waals surface area (Å²) in [5, 5.41) is 25.0. The van der Waals surface area contributed by atoms with Crippen LogP contribution in [0.4, 0.5) is 0 Å². The molecule has 0 amide bonds. The van der Waals surface area contributed by atoms with Crippen LogP contribution in [0.15, 0.2) is 87.6 Å². The molecule has 0 saturated carbocycles. The van der Waals surface area contributed by atoms with Gasteiger partial charge in [0.2, 0.25) is 5.72 Å². The molecule has 1 aliphatic heterocycles. The fourth-order valence-electron chi connectivity index (χ4n) is 4.26. The molecule has 4 rings (SSSR count). The van der Waals surface area contributed by atoms with Gasteiger partial charge < -0.3 is 24.5 Å². The highest BCUT2D eigenvalue weighted by Gasteiger charge is 2.58. The summed E-state index contributed by atoms with van der Waals surface area (Å²) >= 11 is 0. The molecule has 1 aromatic heterocycles. The number of rotatable bonds is 13. The van der Waals surface area contributed by atoms with Crippen LogP contribution in [-0.4, -0.2) is 67.8 Å². The average molecular weight is 616 g/mol. The van der Waals surface area contributed by atoms with E-state index in [1.807, 2.05) is 4.98 Å². The van der Waals surface area contributed by atoms with Crippen LogP contribution >= 0.6 is 8.18 Å². The van der Waals surface area contributed by atoms with Crippen LogP contribution in [0.3, 0.4) is 0 Å². The fraction of sp³-hybridized carbons (Fsp3) is 0.346. The second-order valence-electron chi connectivity index (χ2n) is 9.17. The van der Waals surface area contributed by atoms with Crippen LogP contribution in [0.2, 0.25) is 0 Å². The van der Waals surface area contributed by atoms with Crippen LogP contribution in [0.1, 0.15) is 18.7 Å². The van der Waals surface area contributed by atoms with Crippen LogP contribution in [0, 0.1) is 0 Å². The lowest BCUT2D eigenvalue weighted by Gasteiger charge is -2.25. The van der Waals surface area contributed by atoms with Gasteiger partial charge in [0.25, 0.3) is 5.56 Å². The van der Waals surface area contributed by atoms with Crippen molar-refractivity contribution in [1.29, 1.82) is 0 Å². The summed E-state index contributed by atoms with van der Waals surface area (Å²) in [6, 6.07) is 16.6. The van der Waals surface area contributed by atoms with E-state index in [1.165, 1.54) is 0 Å². The summed E-state index contributed by atoms with van der Waals surface area (Å²) in [5.74, 6) is -0.573. The molecule has 3 aromatic rings. The number of para-hydroxylation sites is 1. The number of carbonyl (C=O) groups is 1. The van der Waals surface area contributed by atoms with Gasteiger partial charge in [-0.15, -0.1) is 4.52 Å². The Bertz CT molecular complexity index is 1580. The van der Waals surface area contributed by atoms with E-state index < -0.39 is 62.2 Å². The van der Waals surface area contributed by atoms with Gasteiger partial charge >= 0.3 is 19.8 Å². The SMILES string of the molecule is CCOC(=O)C(Cc1ccccc1)N(Oc1ccccc1)[P+](=O)OC[C@@]1(N=[N+]=[N-])O[C@@H](n2ccc(=O)[nH]c2=O)[C@H](O)[C@@H]1O. The molecule has 2 heterocycles. The van der Waals surface area contributed by atoms with Crippen molar-refractivity contribution < 1.29 is 38.4 Å². The lowest BCUT2D eigenvalue weighted by molar-refractivity contribution is -0.156. The Morgan fingerprint density at radius 1 is 1.19 bits per heavy atom. The molecule has 1 saturated heterocycles. The van der Waals surface area contributed by atoms with E-state index in [9.17, 15) is 34.7 Å². The molecule has 1 aliphatic rings. The summed E-state index contributed by atoms with van der Waals surface area (Å²) in [6.45, 7) is 0.702. The van der Waals surface area contributed by atoms with Crippen molar-refractivity contribution in [2.45, 2.75) is 43.5 Å². The first-order valence-electron chi connectivity index (χ1n) is 12.9. The Kier molecular flexibility index (Phi) is 10.4. The van der Waals surface area contributed by atoms with Gasteiger partial charge in [0, 0.05) is 23.6 Å². The molecule has 17 heteroatoms. The smallest absolute Gasteiger partial charge is 0.465 e. The number of nitrogens with one attached hydrogen (secondary N) is 1. The molecule has 43 heavy (non-hydrogen) atoms. The minimum absolute atomic E-state index is 0.00648. The standard InChI is InChI=1S/C26H27N6O10P/c1-2-39-24(36)19(15-17-9-5-3-6-10-17)32(42-18-11-7-4-8-12-18)43(38)40-16-26(29-30-27)22(35)21(34)23(41-26)31-14-13-20(33)28-25(31)37/h3-14,19,21-23,34-35H,2,15-16H2,1H3/p+1/t19?,21-,22+,23-,26-/m1/s1. The van der Waals surface area contributed by atoms with Gasteiger partial charge in [-0.05, 0) is 34.7 Å². The van der Waals surface area contributed by atoms with Gasteiger partial charge in [-0.2, -0.15) is 0 Å². The Morgan fingerprint density at radius 3 is 2.49 bits per heavy atom. The molecule has 6 atom stereocenters. The number of esters is 1. The molecule has 0 bridgehead atoms. The molecular formula is C26H28N6O10P+. The van der Waals surface area contributed by atoms with E-state index in [2.05, 4.69) is 10.0 Å². The number of nitrogens with zero attached hydrogens (tertiary/aromatic N) is 5. The minimum Gasteiger partial charge on any atom is -0.465 e. The number of H-pyrrole nitrogens is 1. The maximum Gasteiger partial charge on any atom is 0.653 e. The van der Waals surface area contributed by atoms with Crippen molar-refractivity contribution in [1.82, 2.24) is 14.4 Å². The highest BCUT2D eigenvalue weighted by atomic mass is 31.1. The van der Waals surface area contributed by atoms with Crippen molar-refractivity contribution in [3.05, 3.63) is 110 Å². The monoisotopic (exact) mass is 615 g/mol. The Balaban J connectivity index is 1.64. The van der Waals surface area contributed by atoms with Gasteiger partial charge in [0.15, 0.2) is 18.0 Å². The fourth-order valence-corrected chi connectivity index (χ4v) is 5.23. The lowest BCUT2D eigenvalue weighted by Crippen LogP contribution is -2.46. The normalized spacial score (nSPS) is 22.4. The van der Waals surface area contributed by atoms with Crippen molar-refractivity contribution in [2.24, 2.45) is 5.11 Å². The Labute approximate surface area is 244 Å². The Morgan fingerprint density at radius 2 is 1.86 bits per heavy atom. The number of hydrogen-bond donors (Lipinski definition) is 3. The third-order valence-electron chi connectivity index (χ3n) is 6.32. The van der Waals surface area contributed by atoms with Crippen LogP contribution < -0.4 is 16.1 Å². The summed E-state index contributed by atoms with van der Waals surface area (Å²) in [6.07, 6.45) is -4.46. The number of azide groups is 1. The molecule has 2 aromatic carbocycles. The molecule has 16 nitrogen and oxygen atoms in total. The number of hydroxylamine groups is 1. The molecule has 226 valence electrons. The molecule has 3 N–H and O–H groups in total. The van der Waals surface area contributed by atoms with E-state index in [0.717, 1.165) is 21.7 Å². The third-order valence-corrected chi connectivity index (χ3v) is 7.36. The van der Waals surface area contributed by atoms with E-state index in [-0.39, 0.29) is 18.8 Å². The van der Waals surface area contributed by atoms with Crippen LogP contribution in [0.25, 0.3) is 10.4 Å². The zero-order valence-corrected chi connectivity index (χ0v) is 23.6. The van der Waals surface area contributed by atoms with Gasteiger partial charge in [-0.25, -0.2) is 4.79 Å². The summed E-state index contributed by atoms with van der Waals surface area (Å²) < 4.78 is 30.8. The van der Waals surface area contributed by atoms with Crippen LogP contribution in [0.5, 0.6) is 5.75 Å². The first kappa shape index (κ1) is 31.5. The minimum atomic E-state index is -3.13. The Hall–Kier alpha value is -4.40. The molecule has 0 aliphatic carbocycles. The molecule has 0 spiro atoms. The number of aliphatic hydroxyl groups is 2. The molecule has 2 unspecified atom stereocenters. The predicted molar refractivity (Wildman–Crippen MR) is 148 cm³/mol. The third kappa shape index (κ3) is 7.34. The highest BCUT2D eigenvalue weighted by molar-refractivity contribution is 7.36. The maximum atomic E-state index is 13.7. The van der Waals surface area contributed by atoms with E-state index in [0.29, 0.717) is 5.56 Å². The second-order valence-corrected chi connectivity index (χ2v) is 10.3. The van der Waals surface area contributed by atoms with Gasteiger partial charge in [-0.3, -0.25) is 19.1 Å². The maximum absolute atomic E-state index is 13.7. The van der Waals surface area contributed by atoms with Crippen molar-refractivity contribution in [3.8, 4) is 5.75 Å². The van der Waals surface area contributed by atoms with Crippen molar-refractivity contribution in [3.63, 3.8) is 0 Å². The van der Waals surface area contributed by atoms with Gasteiger partial charge in [0.05, 0.1) is 6.61 Å². The second kappa shape index (κ2) is 14.2. The van der Waals surface area contributed by atoms with E-state index in [4.69, 9.17) is 18.8 Å². The lowest BCUT2D eigenvalue weighted by atomic mass is 10.1. The summed E-state index contributed by atoms with van der Waals surface area (Å²) in [4.78, 5) is 48.2. The first-order chi connectivity index (χ1) is 20.7. The van der Waals surface area contributed by atoms with Crippen LogP contribution in [-0.2, 0) is 29.8 Å². The first-order valence-corrected chi connectivity index (χ1v) is 14.1. The summed E-state index contributed by atoms with van der Waals surface area (Å²) in [5.41, 5.74) is 5.83. The number of carbonyl (C=O) groups excluding carboxylic acids is 1. The summed E-state index contributed by atoms with van der Waals surface area (Å²) in [7, 11) is -3.13. The van der Waals surface area contributed by atoms with E-state index >= 15 is 0 Å². The number of aliphatic hydroxyl groups excluding tert-OH is 2. The number of aromatic nitrogens is 2. The number of benzene rings is 2. The predicted octanol–water partition coefficient (Wildman–Crippen LogP) is 1.94. The van der Waals surface area contributed by atoms with Crippen molar-refractivity contribution >= 4 is 14.1 Å². The average Bonchev–Trinajstić information content (AvgIpc) is 3.24. The quantitative estimate of drug-likeness (QED) is 0.0630. The molecule has 0 radical (unpaired) electrons. The topological polar surface area (TPSA) is 218 Å². The highest BCUT2D eigenvalue weighted by Crippen LogP contribution is 2.42. The van der Waals surface area contributed by atoms with Gasteiger partial charge in [-0.1, -0.05) is 53.6 Å².